The van der Waals surface area contributed by atoms with E-state index in [-0.39, 0.29) is 6.10 Å². The number of aromatic nitrogens is 2. The zero-order valence-corrected chi connectivity index (χ0v) is 7.28. The van der Waals surface area contributed by atoms with Gasteiger partial charge in [-0.25, -0.2) is 0 Å². The van der Waals surface area contributed by atoms with Gasteiger partial charge in [0, 0.05) is 7.11 Å². The molecule has 66 valence electrons. The van der Waals surface area contributed by atoms with Crippen molar-refractivity contribution in [1.82, 2.24) is 10.1 Å². The van der Waals surface area contributed by atoms with Crippen molar-refractivity contribution in [3.8, 4) is 0 Å². The molecule has 1 heterocycles. The van der Waals surface area contributed by atoms with Crippen LogP contribution in [0.25, 0.3) is 6.08 Å². The molecule has 12 heavy (non-hydrogen) atoms. The topological polar surface area (TPSA) is 48.2 Å². The molecule has 0 aromatic carbocycles. The van der Waals surface area contributed by atoms with Crippen molar-refractivity contribution >= 4 is 6.08 Å². The van der Waals surface area contributed by atoms with E-state index in [0.717, 1.165) is 6.42 Å². The molecule has 1 aromatic heterocycles. The minimum atomic E-state index is -0.0811. The number of hydrogen-bond donors (Lipinski definition) is 0. The van der Waals surface area contributed by atoms with Crippen LogP contribution in [0.5, 0.6) is 0 Å². The molecule has 0 aliphatic carbocycles. The van der Waals surface area contributed by atoms with Crippen LogP contribution in [0.3, 0.4) is 0 Å². The van der Waals surface area contributed by atoms with Crippen molar-refractivity contribution in [1.29, 1.82) is 0 Å². The first-order valence-electron chi connectivity index (χ1n) is 3.80. The Morgan fingerprint density at radius 1 is 1.75 bits per heavy atom. The molecular formula is C8H12N2O2. The Bertz CT molecular complexity index is 253. The summed E-state index contributed by atoms with van der Waals surface area (Å²) in [7, 11) is 1.62. The maximum Gasteiger partial charge on any atom is 0.250 e. The number of rotatable bonds is 4. The van der Waals surface area contributed by atoms with Gasteiger partial charge in [0.05, 0.1) is 0 Å². The lowest BCUT2D eigenvalue weighted by Gasteiger charge is -2.05. The highest BCUT2D eigenvalue weighted by atomic mass is 16.5. The fourth-order valence-corrected chi connectivity index (χ4v) is 0.916. The van der Waals surface area contributed by atoms with Crippen LogP contribution in [-0.2, 0) is 4.74 Å². The zero-order chi connectivity index (χ0) is 8.97. The van der Waals surface area contributed by atoms with Gasteiger partial charge in [0.25, 0.3) is 0 Å². The molecule has 4 nitrogen and oxygen atoms in total. The third kappa shape index (κ3) is 1.71. The molecule has 1 atom stereocenters. The van der Waals surface area contributed by atoms with Crippen LogP contribution in [0.2, 0.25) is 0 Å². The molecule has 0 amide bonds. The lowest BCUT2D eigenvalue weighted by molar-refractivity contribution is 0.0903. The number of ether oxygens (including phenoxy) is 1. The predicted octanol–water partition coefficient (Wildman–Crippen LogP) is 1.81. The second-order valence-corrected chi connectivity index (χ2v) is 2.33. The van der Waals surface area contributed by atoms with E-state index in [4.69, 9.17) is 9.26 Å². The smallest absolute Gasteiger partial charge is 0.250 e. The van der Waals surface area contributed by atoms with Crippen LogP contribution in [0, 0.1) is 0 Å². The summed E-state index contributed by atoms with van der Waals surface area (Å²) in [5, 5.41) is 3.75. The molecule has 0 fully saturated rings. The third-order valence-electron chi connectivity index (χ3n) is 1.58. The highest BCUT2D eigenvalue weighted by Crippen LogP contribution is 2.16. The molecule has 0 spiro atoms. The average Bonchev–Trinajstić information content (AvgIpc) is 2.55. The highest BCUT2D eigenvalue weighted by Gasteiger charge is 2.14. The van der Waals surface area contributed by atoms with Gasteiger partial charge in [0.1, 0.15) is 6.10 Å². The van der Waals surface area contributed by atoms with E-state index in [1.807, 2.05) is 6.92 Å². The van der Waals surface area contributed by atoms with Gasteiger partial charge in [-0.05, 0) is 12.5 Å². The van der Waals surface area contributed by atoms with Gasteiger partial charge in [-0.15, -0.1) is 0 Å². The van der Waals surface area contributed by atoms with E-state index in [0.29, 0.717) is 11.7 Å². The lowest BCUT2D eigenvalue weighted by Crippen LogP contribution is -2.01. The molecule has 1 aromatic rings. The first-order chi connectivity index (χ1) is 5.81. The van der Waals surface area contributed by atoms with Crippen molar-refractivity contribution in [3.05, 3.63) is 18.3 Å². The van der Waals surface area contributed by atoms with Gasteiger partial charge < -0.3 is 9.26 Å². The average molecular weight is 168 g/mol. The van der Waals surface area contributed by atoms with Gasteiger partial charge in [0.2, 0.25) is 11.7 Å². The molecular weight excluding hydrogens is 156 g/mol. The SMILES string of the molecule is C=Cc1nc(C(CC)OC)no1. The molecule has 0 aliphatic rings. The minimum Gasteiger partial charge on any atom is -0.373 e. The Morgan fingerprint density at radius 3 is 2.92 bits per heavy atom. The van der Waals surface area contributed by atoms with Crippen molar-refractivity contribution in [2.75, 3.05) is 7.11 Å². The maximum absolute atomic E-state index is 5.12. The molecule has 4 heteroatoms. The Balaban J connectivity index is 2.79. The van der Waals surface area contributed by atoms with Crippen LogP contribution in [0.1, 0.15) is 31.2 Å². The van der Waals surface area contributed by atoms with Gasteiger partial charge in [0.15, 0.2) is 0 Å². The van der Waals surface area contributed by atoms with Crippen molar-refractivity contribution in [2.24, 2.45) is 0 Å². The Hall–Kier alpha value is -1.16. The van der Waals surface area contributed by atoms with Crippen LogP contribution in [0.4, 0.5) is 0 Å². The summed E-state index contributed by atoms with van der Waals surface area (Å²) in [4.78, 5) is 4.05. The second kappa shape index (κ2) is 4.01. The van der Waals surface area contributed by atoms with E-state index in [9.17, 15) is 0 Å². The van der Waals surface area contributed by atoms with E-state index >= 15 is 0 Å². The first-order valence-corrected chi connectivity index (χ1v) is 3.80. The second-order valence-electron chi connectivity index (χ2n) is 2.33. The Labute approximate surface area is 71.2 Å². The van der Waals surface area contributed by atoms with Gasteiger partial charge >= 0.3 is 0 Å². The zero-order valence-electron chi connectivity index (χ0n) is 7.28. The molecule has 1 unspecified atom stereocenters. The first kappa shape index (κ1) is 8.93. The van der Waals surface area contributed by atoms with E-state index in [2.05, 4.69) is 16.7 Å². The van der Waals surface area contributed by atoms with Crippen molar-refractivity contribution in [2.45, 2.75) is 19.4 Å². The quantitative estimate of drug-likeness (QED) is 0.687. The fourth-order valence-electron chi connectivity index (χ4n) is 0.916. The number of hydrogen-bond acceptors (Lipinski definition) is 4. The summed E-state index contributed by atoms with van der Waals surface area (Å²) in [5.74, 6) is 1.01. The molecule has 0 N–H and O–H groups in total. The normalized spacial score (nSPS) is 12.8. The number of methoxy groups -OCH3 is 1. The molecule has 1 rings (SSSR count). The summed E-state index contributed by atoms with van der Waals surface area (Å²) in [6.45, 7) is 5.52. The highest BCUT2D eigenvalue weighted by molar-refractivity contribution is 5.32. The van der Waals surface area contributed by atoms with Crippen LogP contribution < -0.4 is 0 Å². The predicted molar refractivity (Wildman–Crippen MR) is 44.4 cm³/mol. The van der Waals surface area contributed by atoms with Crippen molar-refractivity contribution < 1.29 is 9.26 Å². The summed E-state index contributed by atoms with van der Waals surface area (Å²) in [6, 6.07) is 0. The van der Waals surface area contributed by atoms with Gasteiger partial charge in [-0.2, -0.15) is 4.98 Å². The fraction of sp³-hybridized carbons (Fsp3) is 0.500. The molecule has 0 aliphatic heterocycles. The van der Waals surface area contributed by atoms with E-state index in [1.165, 1.54) is 6.08 Å². The molecule has 0 radical (unpaired) electrons. The monoisotopic (exact) mass is 168 g/mol. The summed E-state index contributed by atoms with van der Waals surface area (Å²) < 4.78 is 9.96. The van der Waals surface area contributed by atoms with E-state index < -0.39 is 0 Å². The molecule has 0 saturated heterocycles. The van der Waals surface area contributed by atoms with Crippen LogP contribution >= 0.6 is 0 Å². The Morgan fingerprint density at radius 2 is 2.50 bits per heavy atom. The van der Waals surface area contributed by atoms with Gasteiger partial charge in [-0.3, -0.25) is 0 Å². The van der Waals surface area contributed by atoms with Crippen LogP contribution in [0.15, 0.2) is 11.1 Å². The lowest BCUT2D eigenvalue weighted by atomic mass is 10.3. The van der Waals surface area contributed by atoms with Crippen LogP contribution in [-0.4, -0.2) is 17.3 Å². The largest absolute Gasteiger partial charge is 0.373 e. The summed E-state index contributed by atoms with van der Waals surface area (Å²) in [5.41, 5.74) is 0. The molecule has 0 bridgehead atoms. The van der Waals surface area contributed by atoms with Gasteiger partial charge in [-0.1, -0.05) is 18.7 Å². The third-order valence-corrected chi connectivity index (χ3v) is 1.58. The number of nitrogens with zero attached hydrogens (tertiary/aromatic N) is 2. The van der Waals surface area contributed by atoms with Crippen molar-refractivity contribution in [3.63, 3.8) is 0 Å². The maximum atomic E-state index is 5.12. The summed E-state index contributed by atoms with van der Waals surface area (Å²) in [6.07, 6.45) is 2.26. The molecule has 0 saturated carbocycles. The van der Waals surface area contributed by atoms with E-state index in [1.54, 1.807) is 7.11 Å². The Kier molecular flexibility index (Phi) is 2.99. The standard InChI is InChI=1S/C8H12N2O2/c1-4-6(11-3)8-9-7(5-2)12-10-8/h5-6H,2,4H2,1,3H3. The minimum absolute atomic E-state index is 0.0811. The summed E-state index contributed by atoms with van der Waals surface area (Å²) >= 11 is 0.